The number of nitrogens with one attached hydrogen (secondary N) is 1. The summed E-state index contributed by atoms with van der Waals surface area (Å²) in [5, 5.41) is 10.4. The second-order valence-corrected chi connectivity index (χ2v) is 5.17. The van der Waals surface area contributed by atoms with Crippen LogP contribution in [0, 0.1) is 0 Å². The van der Waals surface area contributed by atoms with Crippen molar-refractivity contribution in [1.82, 2.24) is 10.2 Å². The van der Waals surface area contributed by atoms with Gasteiger partial charge in [0.15, 0.2) is 6.61 Å². The van der Waals surface area contributed by atoms with Crippen molar-refractivity contribution in [1.29, 1.82) is 0 Å². The fraction of sp³-hybridized carbons (Fsp3) is 0.111. The monoisotopic (exact) mass is 337 g/mol. The number of hydrogen-bond acceptors (Lipinski definition) is 6. The Hall–Kier alpha value is -3.48. The Bertz CT molecular complexity index is 890. The molecular weight excluding hydrogens is 322 g/mol. The van der Waals surface area contributed by atoms with E-state index in [0.29, 0.717) is 11.6 Å². The third-order valence-electron chi connectivity index (χ3n) is 3.27. The van der Waals surface area contributed by atoms with Gasteiger partial charge in [-0.05, 0) is 24.3 Å². The maximum atomic E-state index is 12.2. The molecule has 0 unspecified atom stereocenters. The number of esters is 1. The van der Waals surface area contributed by atoms with E-state index in [1.54, 1.807) is 24.3 Å². The van der Waals surface area contributed by atoms with Crippen molar-refractivity contribution in [2.24, 2.45) is 0 Å². The molecule has 3 rings (SSSR count). The van der Waals surface area contributed by atoms with Crippen molar-refractivity contribution in [3.8, 4) is 11.5 Å². The third-order valence-corrected chi connectivity index (χ3v) is 3.27. The first-order chi connectivity index (χ1) is 12.1. The molecule has 7 nitrogen and oxygen atoms in total. The summed E-state index contributed by atoms with van der Waals surface area (Å²) in [6.07, 6.45) is 0. The number of hydrogen-bond donors (Lipinski definition) is 1. The zero-order chi connectivity index (χ0) is 17.6. The normalized spacial score (nSPS) is 10.3. The van der Waals surface area contributed by atoms with Crippen LogP contribution < -0.4 is 5.32 Å². The molecule has 0 saturated heterocycles. The van der Waals surface area contributed by atoms with Crippen molar-refractivity contribution >= 4 is 17.6 Å². The van der Waals surface area contributed by atoms with Gasteiger partial charge in [0, 0.05) is 12.5 Å². The van der Waals surface area contributed by atoms with Crippen LogP contribution in [-0.2, 0) is 16.1 Å². The molecule has 25 heavy (non-hydrogen) atoms. The molecule has 0 aliphatic rings. The molecule has 0 aliphatic carbocycles. The molecule has 126 valence electrons. The van der Waals surface area contributed by atoms with Crippen LogP contribution in [0.25, 0.3) is 11.5 Å². The van der Waals surface area contributed by atoms with Gasteiger partial charge in [0.2, 0.25) is 11.8 Å². The molecule has 2 aromatic carbocycles. The molecule has 0 fully saturated rings. The maximum absolute atomic E-state index is 12.2. The van der Waals surface area contributed by atoms with Crippen molar-refractivity contribution in [2.45, 2.75) is 13.5 Å². The predicted molar refractivity (Wildman–Crippen MR) is 89.6 cm³/mol. The molecule has 3 aromatic rings. The Morgan fingerprint density at radius 2 is 1.76 bits per heavy atom. The van der Waals surface area contributed by atoms with Crippen LogP contribution in [0.1, 0.15) is 23.2 Å². The molecule has 0 radical (unpaired) electrons. The summed E-state index contributed by atoms with van der Waals surface area (Å²) in [5.74, 6) is -0.331. The van der Waals surface area contributed by atoms with Gasteiger partial charge in [0.1, 0.15) is 0 Å². The average Bonchev–Trinajstić information content (AvgIpc) is 3.09. The van der Waals surface area contributed by atoms with E-state index in [1.807, 2.05) is 30.3 Å². The van der Waals surface area contributed by atoms with E-state index in [9.17, 15) is 9.59 Å². The number of carbonyl (C=O) groups excluding carboxylic acids is 2. The van der Waals surface area contributed by atoms with Gasteiger partial charge in [-0.3, -0.25) is 4.79 Å². The summed E-state index contributed by atoms with van der Waals surface area (Å²) in [7, 11) is 0. The Labute approximate surface area is 143 Å². The van der Waals surface area contributed by atoms with Crippen LogP contribution in [-0.4, -0.2) is 22.1 Å². The Morgan fingerprint density at radius 1 is 1.04 bits per heavy atom. The lowest BCUT2D eigenvalue weighted by atomic mass is 10.2. The average molecular weight is 337 g/mol. The topological polar surface area (TPSA) is 94.3 Å². The first-order valence-corrected chi connectivity index (χ1v) is 7.55. The summed E-state index contributed by atoms with van der Waals surface area (Å²) in [5.41, 5.74) is 1.42. The van der Waals surface area contributed by atoms with Crippen LogP contribution in [0.5, 0.6) is 0 Å². The van der Waals surface area contributed by atoms with E-state index in [4.69, 9.17) is 9.15 Å². The Balaban J connectivity index is 1.67. The van der Waals surface area contributed by atoms with Gasteiger partial charge < -0.3 is 14.5 Å². The van der Waals surface area contributed by atoms with Gasteiger partial charge >= 0.3 is 5.97 Å². The SMILES string of the molecule is CC(=O)Nc1ccccc1C(=O)OCc1nnc(-c2ccccc2)o1. The molecule has 0 aliphatic heterocycles. The van der Waals surface area contributed by atoms with Crippen molar-refractivity contribution in [3.63, 3.8) is 0 Å². The standard InChI is InChI=1S/C18H15N3O4/c1-12(22)19-15-10-6-5-9-14(15)18(23)24-11-16-20-21-17(25-16)13-7-3-2-4-8-13/h2-10H,11H2,1H3,(H,19,22). The van der Waals surface area contributed by atoms with Gasteiger partial charge in [-0.25, -0.2) is 4.79 Å². The summed E-state index contributed by atoms with van der Waals surface area (Å²) in [4.78, 5) is 23.4. The van der Waals surface area contributed by atoms with Crippen LogP contribution >= 0.6 is 0 Å². The highest BCUT2D eigenvalue weighted by atomic mass is 16.5. The molecule has 1 amide bonds. The molecular formula is C18H15N3O4. The van der Waals surface area contributed by atoms with Gasteiger partial charge in [0.25, 0.3) is 5.89 Å². The highest BCUT2D eigenvalue weighted by Gasteiger charge is 2.15. The minimum Gasteiger partial charge on any atom is -0.452 e. The lowest BCUT2D eigenvalue weighted by molar-refractivity contribution is -0.114. The summed E-state index contributed by atoms with van der Waals surface area (Å²) in [6.45, 7) is 1.21. The Morgan fingerprint density at radius 3 is 2.52 bits per heavy atom. The molecule has 0 atom stereocenters. The number of aromatic nitrogens is 2. The first kappa shape index (κ1) is 16.4. The fourth-order valence-electron chi connectivity index (χ4n) is 2.17. The fourth-order valence-corrected chi connectivity index (χ4v) is 2.17. The van der Waals surface area contributed by atoms with Gasteiger partial charge in [-0.2, -0.15) is 0 Å². The number of benzene rings is 2. The van der Waals surface area contributed by atoms with Crippen LogP contribution in [0.2, 0.25) is 0 Å². The molecule has 0 spiro atoms. The lowest BCUT2D eigenvalue weighted by Crippen LogP contribution is -2.12. The lowest BCUT2D eigenvalue weighted by Gasteiger charge is -2.08. The van der Waals surface area contributed by atoms with Crippen LogP contribution in [0.15, 0.2) is 59.0 Å². The molecule has 1 heterocycles. The number of para-hydroxylation sites is 1. The molecule has 1 aromatic heterocycles. The number of carbonyl (C=O) groups is 2. The van der Waals surface area contributed by atoms with Crippen molar-refractivity contribution in [3.05, 3.63) is 66.1 Å². The van der Waals surface area contributed by atoms with Gasteiger partial charge in [0.05, 0.1) is 11.3 Å². The minimum absolute atomic E-state index is 0.160. The van der Waals surface area contributed by atoms with Crippen molar-refractivity contribution < 1.29 is 18.7 Å². The smallest absolute Gasteiger partial charge is 0.340 e. The molecule has 7 heteroatoms. The van der Waals surface area contributed by atoms with Gasteiger partial charge in [-0.1, -0.05) is 30.3 Å². The summed E-state index contributed by atoms with van der Waals surface area (Å²) >= 11 is 0. The van der Waals surface area contributed by atoms with E-state index in [1.165, 1.54) is 6.92 Å². The molecule has 0 bridgehead atoms. The predicted octanol–water partition coefficient (Wildman–Crippen LogP) is 3.05. The minimum atomic E-state index is -0.594. The number of ether oxygens (including phenoxy) is 1. The van der Waals surface area contributed by atoms with E-state index >= 15 is 0 Å². The van der Waals surface area contributed by atoms with Gasteiger partial charge in [-0.15, -0.1) is 10.2 Å². The Kier molecular flexibility index (Phi) is 4.84. The number of rotatable bonds is 5. The second kappa shape index (κ2) is 7.39. The quantitative estimate of drug-likeness (QED) is 0.719. The summed E-state index contributed by atoms with van der Waals surface area (Å²) in [6, 6.07) is 15.9. The summed E-state index contributed by atoms with van der Waals surface area (Å²) < 4.78 is 10.7. The highest BCUT2D eigenvalue weighted by molar-refractivity contribution is 6.00. The van der Waals surface area contributed by atoms with E-state index in [-0.39, 0.29) is 24.0 Å². The number of anilines is 1. The van der Waals surface area contributed by atoms with E-state index < -0.39 is 5.97 Å². The number of amides is 1. The second-order valence-electron chi connectivity index (χ2n) is 5.17. The van der Waals surface area contributed by atoms with Crippen LogP contribution in [0.4, 0.5) is 5.69 Å². The van der Waals surface area contributed by atoms with E-state index in [0.717, 1.165) is 5.56 Å². The zero-order valence-electron chi connectivity index (χ0n) is 13.4. The van der Waals surface area contributed by atoms with E-state index in [2.05, 4.69) is 15.5 Å². The molecule has 0 saturated carbocycles. The zero-order valence-corrected chi connectivity index (χ0v) is 13.4. The first-order valence-electron chi connectivity index (χ1n) is 7.55. The highest BCUT2D eigenvalue weighted by Crippen LogP contribution is 2.19. The number of nitrogens with zero attached hydrogens (tertiary/aromatic N) is 2. The van der Waals surface area contributed by atoms with Crippen molar-refractivity contribution in [2.75, 3.05) is 5.32 Å². The largest absolute Gasteiger partial charge is 0.452 e. The third kappa shape index (κ3) is 4.08. The van der Waals surface area contributed by atoms with Crippen LogP contribution in [0.3, 0.4) is 0 Å². The molecule has 1 N–H and O–H groups in total. The maximum Gasteiger partial charge on any atom is 0.340 e.